The summed E-state index contributed by atoms with van der Waals surface area (Å²) < 4.78 is 0.888. The lowest BCUT2D eigenvalue weighted by Gasteiger charge is -2.09. The first kappa shape index (κ1) is 12.7. The molecule has 0 radical (unpaired) electrons. The molecule has 3 rings (SSSR count). The second-order valence-corrected chi connectivity index (χ2v) is 5.44. The third kappa shape index (κ3) is 2.27. The molecular weight excluding hydrogens is 328 g/mol. The van der Waals surface area contributed by atoms with Crippen LogP contribution in [0.2, 0.25) is 5.02 Å². The van der Waals surface area contributed by atoms with Gasteiger partial charge in [-0.2, -0.15) is 0 Å². The third-order valence-electron chi connectivity index (χ3n) is 2.94. The molecule has 2 aromatic carbocycles. The van der Waals surface area contributed by atoms with E-state index in [9.17, 15) is 5.11 Å². The Balaban J connectivity index is 2.10. The van der Waals surface area contributed by atoms with Gasteiger partial charge in [0.1, 0.15) is 17.4 Å². The number of aromatic nitrogens is 2. The fourth-order valence-corrected chi connectivity index (χ4v) is 2.68. The number of fused-ring (bicyclic) bond motifs is 1. The maximum Gasteiger partial charge on any atom is 0.140 e. The average molecular weight is 338 g/mol. The number of aliphatic hydroxyl groups excluding tert-OH is 1. The van der Waals surface area contributed by atoms with Gasteiger partial charge in [-0.15, -0.1) is 0 Å². The maximum absolute atomic E-state index is 10.4. The third-order valence-corrected chi connectivity index (χ3v) is 3.92. The average Bonchev–Trinajstić information content (AvgIpc) is 2.84. The van der Waals surface area contributed by atoms with E-state index in [0.29, 0.717) is 16.4 Å². The summed E-state index contributed by atoms with van der Waals surface area (Å²) >= 11 is 9.53. The zero-order valence-electron chi connectivity index (χ0n) is 9.77. The molecule has 3 nitrogen and oxygen atoms in total. The molecule has 5 heteroatoms. The Morgan fingerprint density at radius 1 is 1.16 bits per heavy atom. The standard InChI is InChI=1S/C14H10BrClN2O/c15-9-5-3-7-11-12(9)18-14(17-11)13(19)8-4-1-2-6-10(8)16/h1-7,13,19H,(H,17,18)/t13-/m1/s1. The highest BCUT2D eigenvalue weighted by atomic mass is 79.9. The van der Waals surface area contributed by atoms with Crippen LogP contribution in [0.25, 0.3) is 11.0 Å². The summed E-state index contributed by atoms with van der Waals surface area (Å²) in [7, 11) is 0. The predicted octanol–water partition coefficient (Wildman–Crippen LogP) is 4.06. The number of nitrogens with one attached hydrogen (secondary N) is 1. The Bertz CT molecular complexity index is 741. The maximum atomic E-state index is 10.4. The quantitative estimate of drug-likeness (QED) is 0.741. The Hall–Kier alpha value is -1.36. The molecular formula is C14H10BrClN2O. The molecule has 1 aromatic heterocycles. The highest BCUT2D eigenvalue weighted by Gasteiger charge is 2.17. The molecule has 19 heavy (non-hydrogen) atoms. The van der Waals surface area contributed by atoms with E-state index in [-0.39, 0.29) is 0 Å². The van der Waals surface area contributed by atoms with Crippen molar-refractivity contribution in [3.63, 3.8) is 0 Å². The number of para-hydroxylation sites is 1. The first-order chi connectivity index (χ1) is 9.16. The van der Waals surface area contributed by atoms with Crippen molar-refractivity contribution in [1.82, 2.24) is 9.97 Å². The van der Waals surface area contributed by atoms with E-state index in [1.165, 1.54) is 0 Å². The van der Waals surface area contributed by atoms with E-state index in [4.69, 9.17) is 11.6 Å². The Morgan fingerprint density at radius 2 is 1.95 bits per heavy atom. The highest BCUT2D eigenvalue weighted by molar-refractivity contribution is 9.10. The molecule has 0 unspecified atom stereocenters. The lowest BCUT2D eigenvalue weighted by molar-refractivity contribution is 0.211. The number of hydrogen-bond donors (Lipinski definition) is 2. The summed E-state index contributed by atoms with van der Waals surface area (Å²) in [5.74, 6) is 0.481. The van der Waals surface area contributed by atoms with Crippen molar-refractivity contribution in [2.24, 2.45) is 0 Å². The van der Waals surface area contributed by atoms with Gasteiger partial charge < -0.3 is 10.1 Å². The van der Waals surface area contributed by atoms with Crippen LogP contribution >= 0.6 is 27.5 Å². The minimum Gasteiger partial charge on any atom is -0.380 e. The van der Waals surface area contributed by atoms with Crippen LogP contribution in [0.5, 0.6) is 0 Å². The first-order valence-electron chi connectivity index (χ1n) is 5.73. The summed E-state index contributed by atoms with van der Waals surface area (Å²) in [6.45, 7) is 0. The Labute approximate surface area is 123 Å². The van der Waals surface area contributed by atoms with Crippen LogP contribution in [0.4, 0.5) is 0 Å². The number of hydrogen-bond acceptors (Lipinski definition) is 2. The fourth-order valence-electron chi connectivity index (χ4n) is 1.99. The molecule has 0 bridgehead atoms. The zero-order valence-corrected chi connectivity index (χ0v) is 12.1. The second kappa shape index (κ2) is 4.96. The summed E-state index contributed by atoms with van der Waals surface area (Å²) in [6.07, 6.45) is -0.868. The minimum absolute atomic E-state index is 0.481. The minimum atomic E-state index is -0.868. The lowest BCUT2D eigenvalue weighted by Crippen LogP contribution is -2.02. The van der Waals surface area contributed by atoms with Crippen LogP contribution in [0, 0.1) is 0 Å². The van der Waals surface area contributed by atoms with Gasteiger partial charge >= 0.3 is 0 Å². The number of aliphatic hydroxyl groups is 1. The van der Waals surface area contributed by atoms with Gasteiger partial charge in [-0.25, -0.2) is 4.98 Å². The smallest absolute Gasteiger partial charge is 0.140 e. The molecule has 0 saturated carbocycles. The predicted molar refractivity (Wildman–Crippen MR) is 79.3 cm³/mol. The molecule has 0 fully saturated rings. The fraction of sp³-hybridized carbons (Fsp3) is 0.0714. The summed E-state index contributed by atoms with van der Waals surface area (Å²) in [5.41, 5.74) is 2.30. The zero-order chi connectivity index (χ0) is 13.4. The van der Waals surface area contributed by atoms with Crippen LogP contribution < -0.4 is 0 Å². The molecule has 3 aromatic rings. The van der Waals surface area contributed by atoms with E-state index < -0.39 is 6.10 Å². The largest absolute Gasteiger partial charge is 0.380 e. The second-order valence-electron chi connectivity index (χ2n) is 4.18. The van der Waals surface area contributed by atoms with Crippen molar-refractivity contribution in [2.45, 2.75) is 6.10 Å². The number of imidazole rings is 1. The van der Waals surface area contributed by atoms with Gasteiger partial charge in [0, 0.05) is 15.1 Å². The summed E-state index contributed by atoms with van der Waals surface area (Å²) in [6, 6.07) is 12.9. The van der Waals surface area contributed by atoms with E-state index in [1.807, 2.05) is 30.3 Å². The molecule has 0 saturated heterocycles. The van der Waals surface area contributed by atoms with Gasteiger partial charge in [-0.3, -0.25) is 0 Å². The van der Waals surface area contributed by atoms with E-state index in [1.54, 1.807) is 12.1 Å². The van der Waals surface area contributed by atoms with Crippen LogP contribution in [-0.2, 0) is 0 Å². The van der Waals surface area contributed by atoms with Crippen LogP contribution in [-0.4, -0.2) is 15.1 Å². The number of H-pyrrole nitrogens is 1. The number of benzene rings is 2. The van der Waals surface area contributed by atoms with Crippen LogP contribution in [0.3, 0.4) is 0 Å². The van der Waals surface area contributed by atoms with Gasteiger partial charge in [-0.05, 0) is 34.1 Å². The summed E-state index contributed by atoms with van der Waals surface area (Å²) in [5, 5.41) is 10.9. The normalized spacial score (nSPS) is 12.8. The van der Waals surface area contributed by atoms with Gasteiger partial charge in [0.25, 0.3) is 0 Å². The summed E-state index contributed by atoms with van der Waals surface area (Å²) in [4.78, 5) is 7.53. The van der Waals surface area contributed by atoms with Crippen molar-refractivity contribution < 1.29 is 5.11 Å². The molecule has 1 atom stereocenters. The number of rotatable bonds is 2. The van der Waals surface area contributed by atoms with Crippen LogP contribution in [0.15, 0.2) is 46.9 Å². The van der Waals surface area contributed by atoms with Crippen molar-refractivity contribution in [1.29, 1.82) is 0 Å². The van der Waals surface area contributed by atoms with Crippen molar-refractivity contribution in [2.75, 3.05) is 0 Å². The molecule has 2 N–H and O–H groups in total. The Kier molecular flexibility index (Phi) is 3.31. The van der Waals surface area contributed by atoms with Gasteiger partial charge in [0.15, 0.2) is 0 Å². The molecule has 1 heterocycles. The topological polar surface area (TPSA) is 48.9 Å². The number of aromatic amines is 1. The monoisotopic (exact) mass is 336 g/mol. The first-order valence-corrected chi connectivity index (χ1v) is 6.90. The van der Waals surface area contributed by atoms with Gasteiger partial charge in [0.05, 0.1) is 5.52 Å². The molecule has 0 aliphatic carbocycles. The molecule has 0 spiro atoms. The number of nitrogens with zero attached hydrogens (tertiary/aromatic N) is 1. The van der Waals surface area contributed by atoms with Gasteiger partial charge in [0.2, 0.25) is 0 Å². The number of halogens is 2. The van der Waals surface area contributed by atoms with E-state index in [2.05, 4.69) is 25.9 Å². The van der Waals surface area contributed by atoms with Gasteiger partial charge in [-0.1, -0.05) is 35.9 Å². The Morgan fingerprint density at radius 3 is 2.68 bits per heavy atom. The van der Waals surface area contributed by atoms with Crippen molar-refractivity contribution in [3.8, 4) is 0 Å². The molecule has 0 aliphatic heterocycles. The molecule has 96 valence electrons. The SMILES string of the molecule is O[C@@H](c1nc2c(Br)cccc2[nH]1)c1ccccc1Cl. The van der Waals surface area contributed by atoms with Crippen molar-refractivity contribution >= 4 is 38.6 Å². The van der Waals surface area contributed by atoms with E-state index >= 15 is 0 Å². The van der Waals surface area contributed by atoms with Crippen molar-refractivity contribution in [3.05, 3.63) is 63.3 Å². The van der Waals surface area contributed by atoms with Crippen LogP contribution in [0.1, 0.15) is 17.5 Å². The molecule has 0 amide bonds. The lowest BCUT2D eigenvalue weighted by atomic mass is 10.1. The molecule has 0 aliphatic rings. The highest BCUT2D eigenvalue weighted by Crippen LogP contribution is 2.29. The van der Waals surface area contributed by atoms with E-state index in [0.717, 1.165) is 15.5 Å².